The van der Waals surface area contributed by atoms with Crippen molar-refractivity contribution in [1.29, 1.82) is 0 Å². The van der Waals surface area contributed by atoms with E-state index in [2.05, 4.69) is 47.7 Å². The molecule has 2 heterocycles. The van der Waals surface area contributed by atoms with E-state index in [-0.39, 0.29) is 24.0 Å². The highest BCUT2D eigenvalue weighted by molar-refractivity contribution is 14.0. The minimum absolute atomic E-state index is 0. The maximum atomic E-state index is 4.96. The Kier molecular flexibility index (Phi) is 11.3. The summed E-state index contributed by atoms with van der Waals surface area (Å²) in [6.45, 7) is 20.6. The smallest absolute Gasteiger partial charge is 0.193 e. The third-order valence-corrected chi connectivity index (χ3v) is 5.33. The molecule has 0 aromatic rings. The summed E-state index contributed by atoms with van der Waals surface area (Å²) < 4.78 is 0. The zero-order valence-corrected chi connectivity index (χ0v) is 19.2. The van der Waals surface area contributed by atoms with Crippen LogP contribution in [0.3, 0.4) is 0 Å². The van der Waals surface area contributed by atoms with Gasteiger partial charge in [-0.25, -0.2) is 0 Å². The lowest BCUT2D eigenvalue weighted by molar-refractivity contribution is 0.125. The Morgan fingerprint density at radius 3 is 2.40 bits per heavy atom. The van der Waals surface area contributed by atoms with Crippen molar-refractivity contribution in [3.63, 3.8) is 0 Å². The number of aliphatic imine (C=N–C) groups is 1. The molecule has 0 aromatic carbocycles. The summed E-state index contributed by atoms with van der Waals surface area (Å²) in [5.74, 6) is 2.54. The first-order valence-corrected chi connectivity index (χ1v) is 10.1. The number of likely N-dealkylation sites (tertiary alicyclic amines) is 1. The summed E-state index contributed by atoms with van der Waals surface area (Å²) in [6.07, 6.45) is 2.65. The lowest BCUT2D eigenvalue weighted by Crippen LogP contribution is -2.48. The standard InChI is InChI=1S/C19H39N5.HI/c1-5-20-19(24-9-7-8-17(3)16-24)21-14-18(4)15-23-12-10-22(6-2)11-13-23;/h17-18H,5-16H2,1-4H3,(H,20,21);1H. The van der Waals surface area contributed by atoms with Crippen LogP contribution in [0.25, 0.3) is 0 Å². The third kappa shape index (κ3) is 7.99. The summed E-state index contributed by atoms with van der Waals surface area (Å²) in [6, 6.07) is 0. The number of halogens is 1. The fraction of sp³-hybridized carbons (Fsp3) is 0.947. The predicted molar refractivity (Wildman–Crippen MR) is 119 cm³/mol. The largest absolute Gasteiger partial charge is 0.357 e. The number of hydrogen-bond acceptors (Lipinski definition) is 3. The van der Waals surface area contributed by atoms with Crippen LogP contribution in [0, 0.1) is 11.8 Å². The van der Waals surface area contributed by atoms with Crippen molar-refractivity contribution in [3.05, 3.63) is 0 Å². The Bertz CT molecular complexity index is 382. The van der Waals surface area contributed by atoms with Crippen LogP contribution >= 0.6 is 24.0 Å². The lowest BCUT2D eigenvalue weighted by Gasteiger charge is -2.35. The summed E-state index contributed by atoms with van der Waals surface area (Å²) in [4.78, 5) is 12.6. The van der Waals surface area contributed by atoms with E-state index in [9.17, 15) is 0 Å². The molecule has 148 valence electrons. The molecule has 2 rings (SSSR count). The van der Waals surface area contributed by atoms with Crippen LogP contribution in [0.1, 0.15) is 40.5 Å². The van der Waals surface area contributed by atoms with Gasteiger partial charge in [-0.2, -0.15) is 0 Å². The van der Waals surface area contributed by atoms with E-state index in [1.165, 1.54) is 52.1 Å². The summed E-state index contributed by atoms with van der Waals surface area (Å²) in [5, 5.41) is 3.50. The van der Waals surface area contributed by atoms with Gasteiger partial charge in [0, 0.05) is 58.9 Å². The highest BCUT2D eigenvalue weighted by Crippen LogP contribution is 2.15. The van der Waals surface area contributed by atoms with Crippen molar-refractivity contribution in [1.82, 2.24) is 20.0 Å². The predicted octanol–water partition coefficient (Wildman–Crippen LogP) is 2.58. The molecule has 2 aliphatic rings. The normalized spacial score (nSPS) is 24.7. The van der Waals surface area contributed by atoms with Gasteiger partial charge in [0.05, 0.1) is 0 Å². The van der Waals surface area contributed by atoms with Gasteiger partial charge < -0.3 is 20.0 Å². The van der Waals surface area contributed by atoms with E-state index < -0.39 is 0 Å². The van der Waals surface area contributed by atoms with E-state index >= 15 is 0 Å². The molecule has 25 heavy (non-hydrogen) atoms. The fourth-order valence-corrected chi connectivity index (χ4v) is 3.84. The molecule has 5 nitrogen and oxygen atoms in total. The molecule has 0 amide bonds. The molecule has 0 spiro atoms. The molecular formula is C19H40IN5. The number of piperidine rings is 1. The van der Waals surface area contributed by atoms with Crippen LogP contribution in [-0.4, -0.2) is 86.1 Å². The van der Waals surface area contributed by atoms with Crippen molar-refractivity contribution in [2.75, 3.05) is 65.4 Å². The van der Waals surface area contributed by atoms with Gasteiger partial charge in [0.2, 0.25) is 0 Å². The molecule has 0 bridgehead atoms. The molecular weight excluding hydrogens is 425 g/mol. The Hall–Kier alpha value is -0.0800. The molecule has 0 radical (unpaired) electrons. The second kappa shape index (κ2) is 12.3. The Labute approximate surface area is 172 Å². The molecule has 2 aliphatic heterocycles. The second-order valence-corrected chi connectivity index (χ2v) is 7.73. The second-order valence-electron chi connectivity index (χ2n) is 7.73. The zero-order valence-electron chi connectivity index (χ0n) is 16.8. The van der Waals surface area contributed by atoms with Crippen LogP contribution in [0.5, 0.6) is 0 Å². The number of nitrogens with zero attached hydrogens (tertiary/aromatic N) is 4. The van der Waals surface area contributed by atoms with E-state index in [1.54, 1.807) is 0 Å². The quantitative estimate of drug-likeness (QED) is 0.372. The summed E-state index contributed by atoms with van der Waals surface area (Å²) in [5.41, 5.74) is 0. The maximum absolute atomic E-state index is 4.96. The minimum atomic E-state index is 0. The van der Waals surface area contributed by atoms with Gasteiger partial charge >= 0.3 is 0 Å². The number of piperazine rings is 1. The third-order valence-electron chi connectivity index (χ3n) is 5.33. The summed E-state index contributed by atoms with van der Waals surface area (Å²) in [7, 11) is 0. The number of guanidine groups is 1. The average molecular weight is 465 g/mol. The van der Waals surface area contributed by atoms with Crippen molar-refractivity contribution in [3.8, 4) is 0 Å². The fourth-order valence-electron chi connectivity index (χ4n) is 3.84. The molecule has 1 N–H and O–H groups in total. The van der Waals surface area contributed by atoms with E-state index in [0.29, 0.717) is 5.92 Å². The molecule has 2 fully saturated rings. The van der Waals surface area contributed by atoms with Crippen molar-refractivity contribution in [2.45, 2.75) is 40.5 Å². The topological polar surface area (TPSA) is 34.1 Å². The van der Waals surface area contributed by atoms with Crippen molar-refractivity contribution >= 4 is 29.9 Å². The first kappa shape index (κ1) is 23.0. The highest BCUT2D eigenvalue weighted by Gasteiger charge is 2.20. The lowest BCUT2D eigenvalue weighted by atomic mass is 10.0. The van der Waals surface area contributed by atoms with Crippen LogP contribution in [0.2, 0.25) is 0 Å². The van der Waals surface area contributed by atoms with Crippen molar-refractivity contribution < 1.29 is 0 Å². The van der Waals surface area contributed by atoms with Crippen molar-refractivity contribution in [2.24, 2.45) is 16.8 Å². The van der Waals surface area contributed by atoms with Gasteiger partial charge in [0.1, 0.15) is 0 Å². The Balaban J connectivity index is 0.00000312. The molecule has 2 saturated heterocycles. The highest BCUT2D eigenvalue weighted by atomic mass is 127. The van der Waals surface area contributed by atoms with Crippen LogP contribution < -0.4 is 5.32 Å². The van der Waals surface area contributed by atoms with E-state index in [4.69, 9.17) is 4.99 Å². The first-order chi connectivity index (χ1) is 11.6. The van der Waals surface area contributed by atoms with Gasteiger partial charge in [-0.05, 0) is 38.1 Å². The summed E-state index contributed by atoms with van der Waals surface area (Å²) >= 11 is 0. The van der Waals surface area contributed by atoms with Gasteiger partial charge in [-0.15, -0.1) is 24.0 Å². The minimum Gasteiger partial charge on any atom is -0.357 e. The van der Waals surface area contributed by atoms with E-state index in [0.717, 1.165) is 38.1 Å². The first-order valence-electron chi connectivity index (χ1n) is 10.1. The average Bonchev–Trinajstić information content (AvgIpc) is 2.59. The number of hydrogen-bond donors (Lipinski definition) is 1. The van der Waals surface area contributed by atoms with Gasteiger partial charge in [-0.3, -0.25) is 4.99 Å². The molecule has 2 unspecified atom stereocenters. The van der Waals surface area contributed by atoms with Crippen LogP contribution in [0.15, 0.2) is 4.99 Å². The van der Waals surface area contributed by atoms with Crippen LogP contribution in [-0.2, 0) is 0 Å². The number of nitrogens with one attached hydrogen (secondary N) is 1. The Morgan fingerprint density at radius 1 is 1.12 bits per heavy atom. The molecule has 0 aromatic heterocycles. The zero-order chi connectivity index (χ0) is 17.4. The van der Waals surface area contributed by atoms with Gasteiger partial charge in [-0.1, -0.05) is 20.8 Å². The molecule has 0 aliphatic carbocycles. The van der Waals surface area contributed by atoms with Gasteiger partial charge in [0.25, 0.3) is 0 Å². The maximum Gasteiger partial charge on any atom is 0.193 e. The number of rotatable bonds is 6. The van der Waals surface area contributed by atoms with E-state index in [1.807, 2.05) is 0 Å². The van der Waals surface area contributed by atoms with Gasteiger partial charge in [0.15, 0.2) is 5.96 Å². The Morgan fingerprint density at radius 2 is 1.80 bits per heavy atom. The molecule has 0 saturated carbocycles. The SMILES string of the molecule is CCNC(=NCC(C)CN1CCN(CC)CC1)N1CCCC(C)C1.I. The van der Waals surface area contributed by atoms with Crippen LogP contribution in [0.4, 0.5) is 0 Å². The molecule has 6 heteroatoms. The molecule has 2 atom stereocenters. The monoisotopic (exact) mass is 465 g/mol. The number of likely N-dealkylation sites (N-methyl/N-ethyl adjacent to an activating group) is 1.